The summed E-state index contributed by atoms with van der Waals surface area (Å²) in [4.78, 5) is 26.6. The maximum Gasteiger partial charge on any atom is 0.272 e. The number of amides is 1. The van der Waals surface area contributed by atoms with Gasteiger partial charge in [-0.1, -0.05) is 13.8 Å². The van der Waals surface area contributed by atoms with Gasteiger partial charge in [0.25, 0.3) is 5.91 Å². The lowest BCUT2D eigenvalue weighted by molar-refractivity contribution is 0.0699. The van der Waals surface area contributed by atoms with Gasteiger partial charge in [0.15, 0.2) is 5.65 Å². The standard InChI is InChI=1S/C21H28N4O/c1-15(2)19-14-25(12-4-11-24(19)13-16-6-7-16)21(26)18-9-8-17-5-3-10-22-20(17)23-18/h3,5,8-10,15-16,19H,4,6-7,11-14H2,1-2H3/t19-/m0/s1. The summed E-state index contributed by atoms with van der Waals surface area (Å²) in [7, 11) is 0. The summed E-state index contributed by atoms with van der Waals surface area (Å²) >= 11 is 0. The molecule has 2 aliphatic rings. The monoisotopic (exact) mass is 352 g/mol. The molecule has 1 saturated carbocycles. The zero-order valence-electron chi connectivity index (χ0n) is 15.8. The van der Waals surface area contributed by atoms with Crippen LogP contribution in [0.1, 0.15) is 43.6 Å². The predicted molar refractivity (Wildman–Crippen MR) is 103 cm³/mol. The highest BCUT2D eigenvalue weighted by atomic mass is 16.2. The van der Waals surface area contributed by atoms with E-state index in [4.69, 9.17) is 0 Å². The van der Waals surface area contributed by atoms with Crippen molar-refractivity contribution in [3.8, 4) is 0 Å². The first-order valence-electron chi connectivity index (χ1n) is 9.87. The van der Waals surface area contributed by atoms with Gasteiger partial charge in [-0.3, -0.25) is 9.69 Å². The van der Waals surface area contributed by atoms with Gasteiger partial charge in [-0.05, 0) is 55.4 Å². The van der Waals surface area contributed by atoms with Crippen LogP contribution in [-0.2, 0) is 0 Å². The first kappa shape index (κ1) is 17.4. The molecule has 138 valence electrons. The Kier molecular flexibility index (Phi) is 4.90. The van der Waals surface area contributed by atoms with Crippen LogP contribution >= 0.6 is 0 Å². The molecule has 1 aliphatic carbocycles. The van der Waals surface area contributed by atoms with Crippen LogP contribution in [-0.4, -0.2) is 57.9 Å². The fourth-order valence-electron chi connectivity index (χ4n) is 3.97. The molecule has 1 saturated heterocycles. The second kappa shape index (κ2) is 7.31. The molecule has 0 spiro atoms. The van der Waals surface area contributed by atoms with Crippen LogP contribution in [0.4, 0.5) is 0 Å². The van der Waals surface area contributed by atoms with Gasteiger partial charge in [0.2, 0.25) is 0 Å². The Balaban J connectivity index is 1.54. The van der Waals surface area contributed by atoms with E-state index in [-0.39, 0.29) is 5.91 Å². The lowest BCUT2D eigenvalue weighted by Gasteiger charge is -2.34. The number of aromatic nitrogens is 2. The number of hydrogen-bond acceptors (Lipinski definition) is 4. The van der Waals surface area contributed by atoms with Crippen molar-refractivity contribution < 1.29 is 4.79 Å². The number of nitrogens with zero attached hydrogens (tertiary/aromatic N) is 4. The first-order chi connectivity index (χ1) is 12.6. The van der Waals surface area contributed by atoms with E-state index in [2.05, 4.69) is 28.7 Å². The molecule has 0 bridgehead atoms. The zero-order valence-corrected chi connectivity index (χ0v) is 15.8. The van der Waals surface area contributed by atoms with Gasteiger partial charge in [-0.25, -0.2) is 9.97 Å². The summed E-state index contributed by atoms with van der Waals surface area (Å²) in [5, 5.41) is 0.968. The van der Waals surface area contributed by atoms with E-state index in [0.717, 1.165) is 37.4 Å². The SMILES string of the molecule is CC(C)[C@@H]1CN(C(=O)c2ccc3cccnc3n2)CCCN1CC1CC1. The summed E-state index contributed by atoms with van der Waals surface area (Å²) in [6.45, 7) is 8.45. The number of carbonyl (C=O) groups is 1. The number of rotatable bonds is 4. The lowest BCUT2D eigenvalue weighted by atomic mass is 10.0. The third kappa shape index (κ3) is 3.73. The molecular weight excluding hydrogens is 324 g/mol. The topological polar surface area (TPSA) is 49.3 Å². The Morgan fingerprint density at radius 3 is 2.85 bits per heavy atom. The van der Waals surface area contributed by atoms with Crippen LogP contribution in [0.15, 0.2) is 30.5 Å². The smallest absolute Gasteiger partial charge is 0.272 e. The number of hydrogen-bond donors (Lipinski definition) is 0. The van der Waals surface area contributed by atoms with Gasteiger partial charge < -0.3 is 4.90 Å². The number of carbonyl (C=O) groups excluding carboxylic acids is 1. The second-order valence-corrected chi connectivity index (χ2v) is 8.10. The molecule has 1 atom stereocenters. The summed E-state index contributed by atoms with van der Waals surface area (Å²) in [6, 6.07) is 8.08. The molecular formula is C21H28N4O. The molecule has 0 N–H and O–H groups in total. The summed E-state index contributed by atoms with van der Waals surface area (Å²) in [5.74, 6) is 1.46. The second-order valence-electron chi connectivity index (χ2n) is 8.10. The molecule has 1 amide bonds. The minimum atomic E-state index is 0.0384. The van der Waals surface area contributed by atoms with E-state index in [1.165, 1.54) is 19.4 Å². The highest BCUT2D eigenvalue weighted by Gasteiger charge is 2.33. The fourth-order valence-corrected chi connectivity index (χ4v) is 3.97. The third-order valence-corrected chi connectivity index (χ3v) is 5.68. The molecule has 2 aromatic heterocycles. The maximum absolute atomic E-state index is 13.1. The predicted octanol–water partition coefficient (Wildman–Crippen LogP) is 3.21. The van der Waals surface area contributed by atoms with Crippen molar-refractivity contribution in [3.05, 3.63) is 36.2 Å². The third-order valence-electron chi connectivity index (χ3n) is 5.68. The van der Waals surface area contributed by atoms with Crippen LogP contribution in [0.5, 0.6) is 0 Å². The molecule has 2 fully saturated rings. The van der Waals surface area contributed by atoms with E-state index in [1.54, 1.807) is 6.20 Å². The van der Waals surface area contributed by atoms with E-state index >= 15 is 0 Å². The van der Waals surface area contributed by atoms with Crippen molar-refractivity contribution in [3.63, 3.8) is 0 Å². The van der Waals surface area contributed by atoms with Crippen molar-refractivity contribution in [2.75, 3.05) is 26.2 Å². The molecule has 3 heterocycles. The van der Waals surface area contributed by atoms with Crippen molar-refractivity contribution in [2.45, 2.75) is 39.2 Å². The van der Waals surface area contributed by atoms with Crippen LogP contribution < -0.4 is 0 Å². The maximum atomic E-state index is 13.1. The summed E-state index contributed by atoms with van der Waals surface area (Å²) < 4.78 is 0. The van der Waals surface area contributed by atoms with E-state index < -0.39 is 0 Å². The normalized spacial score (nSPS) is 22.0. The molecule has 0 unspecified atom stereocenters. The molecule has 0 aromatic carbocycles. The Morgan fingerprint density at radius 2 is 2.08 bits per heavy atom. The average Bonchev–Trinajstić information content (AvgIpc) is 3.48. The van der Waals surface area contributed by atoms with Gasteiger partial charge in [0.1, 0.15) is 5.69 Å². The fraction of sp³-hybridized carbons (Fsp3) is 0.571. The van der Waals surface area contributed by atoms with Crippen LogP contribution in [0.2, 0.25) is 0 Å². The van der Waals surface area contributed by atoms with Gasteiger partial charge in [-0.15, -0.1) is 0 Å². The summed E-state index contributed by atoms with van der Waals surface area (Å²) in [5.41, 5.74) is 1.15. The lowest BCUT2D eigenvalue weighted by Crippen LogP contribution is -2.46. The van der Waals surface area contributed by atoms with Gasteiger partial charge in [0, 0.05) is 43.8 Å². The molecule has 5 nitrogen and oxygen atoms in total. The Morgan fingerprint density at radius 1 is 1.23 bits per heavy atom. The van der Waals surface area contributed by atoms with Crippen LogP contribution in [0, 0.1) is 11.8 Å². The van der Waals surface area contributed by atoms with E-state index in [0.29, 0.717) is 23.3 Å². The first-order valence-corrected chi connectivity index (χ1v) is 9.87. The zero-order chi connectivity index (χ0) is 18.1. The van der Waals surface area contributed by atoms with Crippen molar-refractivity contribution >= 4 is 16.9 Å². The highest BCUT2D eigenvalue weighted by Crippen LogP contribution is 2.32. The van der Waals surface area contributed by atoms with Crippen LogP contribution in [0.3, 0.4) is 0 Å². The van der Waals surface area contributed by atoms with E-state index in [9.17, 15) is 4.79 Å². The molecule has 0 radical (unpaired) electrons. The Hall–Kier alpha value is -2.01. The molecule has 1 aliphatic heterocycles. The quantitative estimate of drug-likeness (QED) is 0.848. The largest absolute Gasteiger partial charge is 0.336 e. The Labute approximate surface area is 155 Å². The van der Waals surface area contributed by atoms with E-state index in [1.807, 2.05) is 29.2 Å². The van der Waals surface area contributed by atoms with Crippen molar-refractivity contribution in [2.24, 2.45) is 11.8 Å². The number of fused-ring (bicyclic) bond motifs is 1. The number of pyridine rings is 2. The molecule has 5 heteroatoms. The minimum absolute atomic E-state index is 0.0384. The van der Waals surface area contributed by atoms with Crippen LogP contribution in [0.25, 0.3) is 11.0 Å². The van der Waals surface area contributed by atoms with Gasteiger partial charge >= 0.3 is 0 Å². The highest BCUT2D eigenvalue weighted by molar-refractivity contribution is 5.94. The summed E-state index contributed by atoms with van der Waals surface area (Å²) in [6.07, 6.45) is 5.50. The van der Waals surface area contributed by atoms with Gasteiger partial charge in [-0.2, -0.15) is 0 Å². The minimum Gasteiger partial charge on any atom is -0.336 e. The van der Waals surface area contributed by atoms with Crippen molar-refractivity contribution in [1.29, 1.82) is 0 Å². The molecule has 26 heavy (non-hydrogen) atoms. The molecule has 4 rings (SSSR count). The van der Waals surface area contributed by atoms with Gasteiger partial charge in [0.05, 0.1) is 0 Å². The molecule has 2 aromatic rings. The van der Waals surface area contributed by atoms with Crippen molar-refractivity contribution in [1.82, 2.24) is 19.8 Å². The average molecular weight is 352 g/mol. The Bertz CT molecular complexity index is 786.